The van der Waals surface area contributed by atoms with Gasteiger partial charge in [0.1, 0.15) is 5.75 Å². The Labute approximate surface area is 163 Å². The molecule has 0 radical (unpaired) electrons. The van der Waals surface area contributed by atoms with Crippen LogP contribution in [0.1, 0.15) is 23.2 Å². The van der Waals surface area contributed by atoms with E-state index < -0.39 is 12.6 Å². The normalized spacial score (nSPS) is 12.9. The molecule has 3 rings (SSSR count). The second-order valence-corrected chi connectivity index (χ2v) is 6.73. The number of hydrogen-bond donors (Lipinski definition) is 1. The second-order valence-electron chi connectivity index (χ2n) is 6.73. The number of amides is 2. The highest BCUT2D eigenvalue weighted by Crippen LogP contribution is 2.33. The molecule has 0 bridgehead atoms. The lowest BCUT2D eigenvalue weighted by atomic mass is 10.1. The highest BCUT2D eigenvalue weighted by atomic mass is 16.5. The number of para-hydroxylation sites is 1. The Kier molecular flexibility index (Phi) is 5.63. The van der Waals surface area contributed by atoms with Crippen molar-refractivity contribution in [3.05, 3.63) is 54.1 Å². The van der Waals surface area contributed by atoms with Crippen LogP contribution in [0.4, 0.5) is 11.4 Å². The Hall–Kier alpha value is -3.35. The number of carbonyl (C=O) groups is 3. The van der Waals surface area contributed by atoms with Gasteiger partial charge in [0.2, 0.25) is 5.91 Å². The number of carboxylic acid groups (broad SMARTS) is 1. The molecule has 0 unspecified atom stereocenters. The smallest absolute Gasteiger partial charge is 0.341 e. The molecule has 7 heteroatoms. The minimum atomic E-state index is -1.06. The SMILES string of the molecule is CN(C(=O)c1ccccc1N(C)C(=O)C1CC1)c1ccc(OCC(=O)O)cc1. The van der Waals surface area contributed by atoms with Crippen LogP contribution in [-0.2, 0) is 9.59 Å². The minimum Gasteiger partial charge on any atom is -0.482 e. The van der Waals surface area contributed by atoms with Crippen LogP contribution in [0, 0.1) is 5.92 Å². The Balaban J connectivity index is 1.78. The van der Waals surface area contributed by atoms with E-state index in [0.29, 0.717) is 22.7 Å². The van der Waals surface area contributed by atoms with Gasteiger partial charge in [-0.3, -0.25) is 9.59 Å². The second kappa shape index (κ2) is 8.12. The molecule has 28 heavy (non-hydrogen) atoms. The first kappa shape index (κ1) is 19.4. The van der Waals surface area contributed by atoms with Crippen LogP contribution in [0.15, 0.2) is 48.5 Å². The maximum Gasteiger partial charge on any atom is 0.341 e. The molecule has 1 N–H and O–H groups in total. The third-order valence-electron chi connectivity index (χ3n) is 4.64. The molecule has 1 fully saturated rings. The van der Waals surface area contributed by atoms with Crippen molar-refractivity contribution in [2.24, 2.45) is 5.92 Å². The van der Waals surface area contributed by atoms with Crippen LogP contribution >= 0.6 is 0 Å². The number of hydrogen-bond acceptors (Lipinski definition) is 4. The monoisotopic (exact) mass is 382 g/mol. The van der Waals surface area contributed by atoms with Crippen molar-refractivity contribution >= 4 is 29.2 Å². The molecule has 1 aliphatic carbocycles. The van der Waals surface area contributed by atoms with Gasteiger partial charge < -0.3 is 19.6 Å². The van der Waals surface area contributed by atoms with Crippen molar-refractivity contribution in [1.82, 2.24) is 0 Å². The largest absolute Gasteiger partial charge is 0.482 e. The number of rotatable bonds is 7. The molecule has 2 aromatic rings. The van der Waals surface area contributed by atoms with Gasteiger partial charge >= 0.3 is 5.97 Å². The molecule has 1 saturated carbocycles. The van der Waals surface area contributed by atoms with E-state index in [4.69, 9.17) is 9.84 Å². The summed E-state index contributed by atoms with van der Waals surface area (Å²) in [4.78, 5) is 39.1. The summed E-state index contributed by atoms with van der Waals surface area (Å²) in [5.74, 6) is -0.808. The summed E-state index contributed by atoms with van der Waals surface area (Å²) in [6.07, 6.45) is 1.80. The third kappa shape index (κ3) is 4.31. The molecule has 146 valence electrons. The van der Waals surface area contributed by atoms with Crippen molar-refractivity contribution in [3.63, 3.8) is 0 Å². The fourth-order valence-electron chi connectivity index (χ4n) is 2.88. The van der Waals surface area contributed by atoms with E-state index >= 15 is 0 Å². The van der Waals surface area contributed by atoms with Crippen molar-refractivity contribution in [3.8, 4) is 5.75 Å². The molecule has 0 spiro atoms. The molecular formula is C21H22N2O5. The molecule has 2 aromatic carbocycles. The summed E-state index contributed by atoms with van der Waals surface area (Å²) in [5, 5.41) is 8.66. The van der Waals surface area contributed by atoms with Gasteiger partial charge in [0.15, 0.2) is 6.61 Å². The topological polar surface area (TPSA) is 87.2 Å². The number of anilines is 2. The van der Waals surface area contributed by atoms with E-state index in [1.807, 2.05) is 0 Å². The van der Waals surface area contributed by atoms with Crippen LogP contribution in [-0.4, -0.2) is 43.6 Å². The summed E-state index contributed by atoms with van der Waals surface area (Å²) in [6.45, 7) is -0.428. The fraction of sp³-hybridized carbons (Fsp3) is 0.286. The van der Waals surface area contributed by atoms with E-state index in [-0.39, 0.29) is 17.7 Å². The van der Waals surface area contributed by atoms with E-state index in [2.05, 4.69) is 0 Å². The van der Waals surface area contributed by atoms with Gasteiger partial charge in [-0.1, -0.05) is 12.1 Å². The average molecular weight is 382 g/mol. The zero-order valence-electron chi connectivity index (χ0n) is 15.8. The Morgan fingerprint density at radius 1 is 1.00 bits per heavy atom. The molecule has 7 nitrogen and oxygen atoms in total. The third-order valence-corrected chi connectivity index (χ3v) is 4.64. The number of nitrogens with zero attached hydrogens (tertiary/aromatic N) is 2. The Bertz CT molecular complexity index is 890. The minimum absolute atomic E-state index is 0.0304. The van der Waals surface area contributed by atoms with Gasteiger partial charge in [0.25, 0.3) is 5.91 Å². The summed E-state index contributed by atoms with van der Waals surface area (Å²) in [5.41, 5.74) is 1.64. The molecule has 0 aromatic heterocycles. The summed E-state index contributed by atoms with van der Waals surface area (Å²) in [6, 6.07) is 13.6. The standard InChI is InChI=1S/C21H22N2O5/c1-22(15-9-11-16(12-10-15)28-13-19(24)25)21(27)17-5-3-4-6-18(17)23(2)20(26)14-7-8-14/h3-6,9-12,14H,7-8,13H2,1-2H3,(H,24,25). The van der Waals surface area contributed by atoms with Crippen LogP contribution < -0.4 is 14.5 Å². The highest BCUT2D eigenvalue weighted by Gasteiger charge is 2.33. The summed E-state index contributed by atoms with van der Waals surface area (Å²) < 4.78 is 5.11. The number of ether oxygens (including phenoxy) is 1. The molecule has 1 aliphatic rings. The first-order chi connectivity index (χ1) is 13.4. The highest BCUT2D eigenvalue weighted by molar-refractivity contribution is 6.11. The summed E-state index contributed by atoms with van der Waals surface area (Å²) >= 11 is 0. The van der Waals surface area contributed by atoms with Crippen molar-refractivity contribution in [2.75, 3.05) is 30.5 Å². The quantitative estimate of drug-likeness (QED) is 0.796. The number of carbonyl (C=O) groups excluding carboxylic acids is 2. The van der Waals surface area contributed by atoms with E-state index in [1.54, 1.807) is 67.5 Å². The maximum atomic E-state index is 13.1. The van der Waals surface area contributed by atoms with E-state index in [1.165, 1.54) is 4.90 Å². The first-order valence-corrected chi connectivity index (χ1v) is 8.98. The van der Waals surface area contributed by atoms with Gasteiger partial charge in [-0.05, 0) is 49.2 Å². The molecule has 0 atom stereocenters. The van der Waals surface area contributed by atoms with Crippen LogP contribution in [0.5, 0.6) is 5.75 Å². The lowest BCUT2D eigenvalue weighted by Crippen LogP contribution is -2.32. The van der Waals surface area contributed by atoms with Crippen LogP contribution in [0.3, 0.4) is 0 Å². The lowest BCUT2D eigenvalue weighted by molar-refractivity contribution is -0.139. The van der Waals surface area contributed by atoms with Crippen molar-refractivity contribution < 1.29 is 24.2 Å². The predicted molar refractivity (Wildman–Crippen MR) is 105 cm³/mol. The fourth-order valence-corrected chi connectivity index (χ4v) is 2.88. The van der Waals surface area contributed by atoms with Gasteiger partial charge in [-0.25, -0.2) is 4.79 Å². The van der Waals surface area contributed by atoms with Crippen molar-refractivity contribution in [1.29, 1.82) is 0 Å². The first-order valence-electron chi connectivity index (χ1n) is 8.98. The molecule has 0 aliphatic heterocycles. The zero-order valence-corrected chi connectivity index (χ0v) is 15.8. The molecular weight excluding hydrogens is 360 g/mol. The van der Waals surface area contributed by atoms with E-state index in [0.717, 1.165) is 12.8 Å². The van der Waals surface area contributed by atoms with Gasteiger partial charge in [-0.2, -0.15) is 0 Å². The lowest BCUT2D eigenvalue weighted by Gasteiger charge is -2.23. The predicted octanol–water partition coefficient (Wildman–Crippen LogP) is 2.80. The van der Waals surface area contributed by atoms with Crippen LogP contribution in [0.2, 0.25) is 0 Å². The maximum absolute atomic E-state index is 13.1. The van der Waals surface area contributed by atoms with Gasteiger partial charge in [0.05, 0.1) is 11.3 Å². The number of benzene rings is 2. The van der Waals surface area contributed by atoms with E-state index in [9.17, 15) is 14.4 Å². The molecule has 2 amide bonds. The van der Waals surface area contributed by atoms with Crippen molar-refractivity contribution in [2.45, 2.75) is 12.8 Å². The van der Waals surface area contributed by atoms with Crippen LogP contribution in [0.25, 0.3) is 0 Å². The zero-order chi connectivity index (χ0) is 20.3. The average Bonchev–Trinajstić information content (AvgIpc) is 3.56. The molecule has 0 saturated heterocycles. The Morgan fingerprint density at radius 2 is 1.64 bits per heavy atom. The van der Waals surface area contributed by atoms with Gasteiger partial charge in [0, 0.05) is 25.7 Å². The van der Waals surface area contributed by atoms with Gasteiger partial charge in [-0.15, -0.1) is 0 Å². The number of aliphatic carboxylic acids is 1. The summed E-state index contributed by atoms with van der Waals surface area (Å²) in [7, 11) is 3.34. The number of carboxylic acids is 1. The Morgan fingerprint density at radius 3 is 2.25 bits per heavy atom. The molecule has 0 heterocycles.